The Labute approximate surface area is 121 Å². The molecule has 20 heavy (non-hydrogen) atoms. The third-order valence-electron chi connectivity index (χ3n) is 3.82. The van der Waals surface area contributed by atoms with Gasteiger partial charge in [-0.15, -0.1) is 0 Å². The minimum atomic E-state index is 0.411. The second-order valence-electron chi connectivity index (χ2n) is 5.51. The van der Waals surface area contributed by atoms with Gasteiger partial charge in [0.15, 0.2) is 0 Å². The number of anilines is 1. The lowest BCUT2D eigenvalue weighted by atomic mass is 10.0. The standard InChI is InChI=1S/C17H24N2O/c1-5-12(2)11-13(3)19-17-15-7-6-8-16(20-4)14(15)9-10-18-17/h6-10,12-13H,5,11H2,1-4H3,(H,18,19). The van der Waals surface area contributed by atoms with Gasteiger partial charge in [0.05, 0.1) is 7.11 Å². The van der Waals surface area contributed by atoms with Crippen molar-refractivity contribution in [3.05, 3.63) is 30.5 Å². The molecule has 2 aromatic rings. The topological polar surface area (TPSA) is 34.2 Å². The first-order chi connectivity index (χ1) is 9.65. The molecule has 0 radical (unpaired) electrons. The molecule has 1 N–H and O–H groups in total. The quantitative estimate of drug-likeness (QED) is 0.842. The van der Waals surface area contributed by atoms with E-state index in [-0.39, 0.29) is 0 Å². The van der Waals surface area contributed by atoms with Gasteiger partial charge < -0.3 is 10.1 Å². The zero-order valence-corrected chi connectivity index (χ0v) is 12.8. The summed E-state index contributed by atoms with van der Waals surface area (Å²) in [5.74, 6) is 2.56. The molecule has 108 valence electrons. The summed E-state index contributed by atoms with van der Waals surface area (Å²) in [4.78, 5) is 4.49. The van der Waals surface area contributed by atoms with Crippen molar-refractivity contribution in [1.82, 2.24) is 4.98 Å². The molecule has 2 rings (SSSR count). The highest BCUT2D eigenvalue weighted by Gasteiger charge is 2.11. The van der Waals surface area contributed by atoms with Gasteiger partial charge in [-0.05, 0) is 31.4 Å². The maximum absolute atomic E-state index is 5.41. The number of benzene rings is 1. The SMILES string of the molecule is CCC(C)CC(C)Nc1nccc2c(OC)cccc12. The molecule has 2 atom stereocenters. The average molecular weight is 272 g/mol. The number of hydrogen-bond acceptors (Lipinski definition) is 3. The molecule has 2 unspecified atom stereocenters. The van der Waals surface area contributed by atoms with Crippen LogP contribution in [0, 0.1) is 5.92 Å². The van der Waals surface area contributed by atoms with E-state index in [0.717, 1.165) is 34.7 Å². The van der Waals surface area contributed by atoms with E-state index in [1.165, 1.54) is 6.42 Å². The largest absolute Gasteiger partial charge is 0.496 e. The van der Waals surface area contributed by atoms with Crippen LogP contribution in [-0.4, -0.2) is 18.1 Å². The van der Waals surface area contributed by atoms with Gasteiger partial charge in [-0.3, -0.25) is 0 Å². The van der Waals surface area contributed by atoms with Crippen molar-refractivity contribution in [3.63, 3.8) is 0 Å². The number of hydrogen-bond donors (Lipinski definition) is 1. The highest BCUT2D eigenvalue weighted by atomic mass is 16.5. The van der Waals surface area contributed by atoms with Crippen molar-refractivity contribution >= 4 is 16.6 Å². The fraction of sp³-hybridized carbons (Fsp3) is 0.471. The highest BCUT2D eigenvalue weighted by molar-refractivity contribution is 5.95. The molecular weight excluding hydrogens is 248 g/mol. The molecule has 3 heteroatoms. The summed E-state index contributed by atoms with van der Waals surface area (Å²) in [6.07, 6.45) is 4.20. The van der Waals surface area contributed by atoms with Crippen LogP contribution in [-0.2, 0) is 0 Å². The van der Waals surface area contributed by atoms with E-state index in [0.29, 0.717) is 6.04 Å². The zero-order chi connectivity index (χ0) is 14.5. The molecule has 0 aliphatic heterocycles. The molecule has 1 aromatic carbocycles. The fourth-order valence-corrected chi connectivity index (χ4v) is 2.53. The lowest BCUT2D eigenvalue weighted by Crippen LogP contribution is -2.19. The lowest BCUT2D eigenvalue weighted by Gasteiger charge is -2.19. The Morgan fingerprint density at radius 2 is 2.00 bits per heavy atom. The number of fused-ring (bicyclic) bond motifs is 1. The summed E-state index contributed by atoms with van der Waals surface area (Å²) >= 11 is 0. The Kier molecular flexibility index (Phi) is 4.83. The van der Waals surface area contributed by atoms with Crippen molar-refractivity contribution in [2.24, 2.45) is 5.92 Å². The summed E-state index contributed by atoms with van der Waals surface area (Å²) in [7, 11) is 1.70. The number of rotatable bonds is 6. The van der Waals surface area contributed by atoms with Crippen molar-refractivity contribution in [3.8, 4) is 5.75 Å². The van der Waals surface area contributed by atoms with Crippen LogP contribution in [0.3, 0.4) is 0 Å². The van der Waals surface area contributed by atoms with Gasteiger partial charge in [0, 0.05) is 23.0 Å². The van der Waals surface area contributed by atoms with Crippen molar-refractivity contribution in [2.75, 3.05) is 12.4 Å². The third kappa shape index (κ3) is 3.21. The molecule has 0 bridgehead atoms. The van der Waals surface area contributed by atoms with E-state index in [2.05, 4.69) is 37.1 Å². The van der Waals surface area contributed by atoms with Crippen molar-refractivity contribution in [1.29, 1.82) is 0 Å². The predicted molar refractivity (Wildman–Crippen MR) is 85.5 cm³/mol. The maximum atomic E-state index is 5.41. The molecule has 1 heterocycles. The minimum Gasteiger partial charge on any atom is -0.496 e. The molecule has 0 aliphatic rings. The van der Waals surface area contributed by atoms with E-state index in [1.54, 1.807) is 7.11 Å². The van der Waals surface area contributed by atoms with Crippen LogP contribution in [0.5, 0.6) is 5.75 Å². The highest BCUT2D eigenvalue weighted by Crippen LogP contribution is 2.29. The summed E-state index contributed by atoms with van der Waals surface area (Å²) in [5.41, 5.74) is 0. The molecule has 0 saturated heterocycles. The zero-order valence-electron chi connectivity index (χ0n) is 12.8. The minimum absolute atomic E-state index is 0.411. The molecule has 0 aliphatic carbocycles. The van der Waals surface area contributed by atoms with Gasteiger partial charge in [0.2, 0.25) is 0 Å². The van der Waals surface area contributed by atoms with E-state index in [1.807, 2.05) is 24.4 Å². The molecule has 0 saturated carbocycles. The number of aromatic nitrogens is 1. The fourth-order valence-electron chi connectivity index (χ4n) is 2.53. The van der Waals surface area contributed by atoms with Gasteiger partial charge in [-0.2, -0.15) is 0 Å². The van der Waals surface area contributed by atoms with Crippen LogP contribution < -0.4 is 10.1 Å². The number of methoxy groups -OCH3 is 1. The van der Waals surface area contributed by atoms with E-state index in [9.17, 15) is 0 Å². The smallest absolute Gasteiger partial charge is 0.134 e. The Morgan fingerprint density at radius 1 is 1.20 bits per heavy atom. The third-order valence-corrected chi connectivity index (χ3v) is 3.82. The Hall–Kier alpha value is -1.77. The Morgan fingerprint density at radius 3 is 2.70 bits per heavy atom. The number of nitrogens with one attached hydrogen (secondary N) is 1. The van der Waals surface area contributed by atoms with Crippen LogP contribution >= 0.6 is 0 Å². The van der Waals surface area contributed by atoms with Gasteiger partial charge in [-0.25, -0.2) is 4.98 Å². The maximum Gasteiger partial charge on any atom is 0.134 e. The molecule has 3 nitrogen and oxygen atoms in total. The second-order valence-corrected chi connectivity index (χ2v) is 5.51. The summed E-state index contributed by atoms with van der Waals surface area (Å²) in [6.45, 7) is 6.74. The van der Waals surface area contributed by atoms with Crippen LogP contribution in [0.25, 0.3) is 10.8 Å². The van der Waals surface area contributed by atoms with Gasteiger partial charge in [0.25, 0.3) is 0 Å². The van der Waals surface area contributed by atoms with E-state index >= 15 is 0 Å². The molecule has 0 spiro atoms. The first kappa shape index (κ1) is 14.6. The molecule has 0 amide bonds. The summed E-state index contributed by atoms with van der Waals surface area (Å²) in [6, 6.07) is 8.48. The Balaban J connectivity index is 2.26. The second kappa shape index (κ2) is 6.60. The van der Waals surface area contributed by atoms with Crippen LogP contribution in [0.1, 0.15) is 33.6 Å². The van der Waals surface area contributed by atoms with Crippen molar-refractivity contribution in [2.45, 2.75) is 39.7 Å². The monoisotopic (exact) mass is 272 g/mol. The normalized spacial score (nSPS) is 14.0. The van der Waals surface area contributed by atoms with Crippen molar-refractivity contribution < 1.29 is 4.74 Å². The van der Waals surface area contributed by atoms with E-state index < -0.39 is 0 Å². The first-order valence-corrected chi connectivity index (χ1v) is 7.34. The van der Waals surface area contributed by atoms with Crippen LogP contribution in [0.15, 0.2) is 30.5 Å². The van der Waals surface area contributed by atoms with E-state index in [4.69, 9.17) is 4.74 Å². The first-order valence-electron chi connectivity index (χ1n) is 7.34. The number of ether oxygens (including phenoxy) is 1. The Bertz CT molecular complexity index is 568. The molecular formula is C17H24N2O. The lowest BCUT2D eigenvalue weighted by molar-refractivity contribution is 0.420. The molecule has 1 aromatic heterocycles. The summed E-state index contributed by atoms with van der Waals surface area (Å²) in [5, 5.41) is 5.75. The van der Waals surface area contributed by atoms with Crippen LogP contribution in [0.2, 0.25) is 0 Å². The van der Waals surface area contributed by atoms with Gasteiger partial charge in [-0.1, -0.05) is 32.4 Å². The predicted octanol–water partition coefficient (Wildman–Crippen LogP) is 4.48. The number of nitrogens with zero attached hydrogens (tertiary/aromatic N) is 1. The number of pyridine rings is 1. The molecule has 0 fully saturated rings. The van der Waals surface area contributed by atoms with Crippen LogP contribution in [0.4, 0.5) is 5.82 Å². The average Bonchev–Trinajstić information content (AvgIpc) is 2.46. The summed E-state index contributed by atoms with van der Waals surface area (Å²) < 4.78 is 5.41. The van der Waals surface area contributed by atoms with Gasteiger partial charge in [0.1, 0.15) is 11.6 Å². The van der Waals surface area contributed by atoms with Gasteiger partial charge >= 0.3 is 0 Å².